The summed E-state index contributed by atoms with van der Waals surface area (Å²) in [6.07, 6.45) is 3.99. The van der Waals surface area contributed by atoms with Gasteiger partial charge in [0.25, 0.3) is 5.91 Å². The maximum absolute atomic E-state index is 12.5. The molecule has 1 aromatic heterocycles. The molecule has 0 bridgehead atoms. The van der Waals surface area contributed by atoms with Crippen LogP contribution in [-0.2, 0) is 0 Å². The summed E-state index contributed by atoms with van der Waals surface area (Å²) in [4.78, 5) is 17.6. The second-order valence-electron chi connectivity index (χ2n) is 5.48. The number of nitrogens with one attached hydrogen (secondary N) is 1. The maximum Gasteiger partial charge on any atom is 0.256 e. The summed E-state index contributed by atoms with van der Waals surface area (Å²) in [5, 5.41) is 0.956. The number of hydrogen-bond donors (Lipinski definition) is 2. The molecule has 100 valence electrons. The lowest BCUT2D eigenvalue weighted by Crippen LogP contribution is -2.37. The quantitative estimate of drug-likeness (QED) is 0.771. The fourth-order valence-electron chi connectivity index (χ4n) is 2.70. The van der Waals surface area contributed by atoms with Gasteiger partial charge in [-0.2, -0.15) is 0 Å². The van der Waals surface area contributed by atoms with Crippen LogP contribution in [-0.4, -0.2) is 28.9 Å². The number of amides is 1. The Balaban J connectivity index is 1.89. The minimum absolute atomic E-state index is 0.128. The van der Waals surface area contributed by atoms with E-state index in [1.807, 2.05) is 23.1 Å². The number of aromatic nitrogens is 1. The van der Waals surface area contributed by atoms with Gasteiger partial charge < -0.3 is 15.6 Å². The second kappa shape index (κ2) is 4.61. The van der Waals surface area contributed by atoms with Crippen LogP contribution in [0.2, 0.25) is 0 Å². The number of fused-ring (bicyclic) bond motifs is 1. The zero-order valence-corrected chi connectivity index (χ0v) is 11.1. The smallest absolute Gasteiger partial charge is 0.256 e. The first kappa shape index (κ1) is 12.1. The first-order chi connectivity index (χ1) is 9.15. The molecule has 3 rings (SSSR count). The van der Waals surface area contributed by atoms with Crippen LogP contribution in [0.4, 0.5) is 5.69 Å². The number of nitrogens with zero attached hydrogens (tertiary/aromatic N) is 1. The van der Waals surface area contributed by atoms with Gasteiger partial charge >= 0.3 is 0 Å². The van der Waals surface area contributed by atoms with Gasteiger partial charge in [0, 0.05) is 35.9 Å². The Kier molecular flexibility index (Phi) is 2.93. The fraction of sp³-hybridized carbons (Fsp3) is 0.400. The SMILES string of the molecule is CC1CCN(C(=O)c2c[nH]c3cc(N)ccc23)CC1. The number of piperidine rings is 1. The van der Waals surface area contributed by atoms with Crippen LogP contribution >= 0.6 is 0 Å². The van der Waals surface area contributed by atoms with Crippen LogP contribution in [0, 0.1) is 5.92 Å². The van der Waals surface area contributed by atoms with E-state index in [-0.39, 0.29) is 5.91 Å². The van der Waals surface area contributed by atoms with Crippen molar-refractivity contribution in [3.05, 3.63) is 30.0 Å². The van der Waals surface area contributed by atoms with Crippen molar-refractivity contribution < 1.29 is 4.79 Å². The van der Waals surface area contributed by atoms with Crippen LogP contribution in [0.25, 0.3) is 10.9 Å². The summed E-state index contributed by atoms with van der Waals surface area (Å²) in [5.41, 5.74) is 8.14. The van der Waals surface area contributed by atoms with Crippen molar-refractivity contribution in [2.45, 2.75) is 19.8 Å². The lowest BCUT2D eigenvalue weighted by molar-refractivity contribution is 0.0699. The van der Waals surface area contributed by atoms with Crippen LogP contribution in [0.15, 0.2) is 24.4 Å². The van der Waals surface area contributed by atoms with E-state index in [1.165, 1.54) is 0 Å². The van der Waals surface area contributed by atoms with Crippen molar-refractivity contribution in [1.29, 1.82) is 0 Å². The number of rotatable bonds is 1. The molecule has 2 heterocycles. The summed E-state index contributed by atoms with van der Waals surface area (Å²) < 4.78 is 0. The van der Waals surface area contributed by atoms with E-state index in [0.717, 1.165) is 48.3 Å². The van der Waals surface area contributed by atoms with Gasteiger partial charge in [0.2, 0.25) is 0 Å². The van der Waals surface area contributed by atoms with Crippen molar-refractivity contribution in [1.82, 2.24) is 9.88 Å². The molecule has 0 saturated carbocycles. The first-order valence-corrected chi connectivity index (χ1v) is 6.81. The van der Waals surface area contributed by atoms with Crippen molar-refractivity contribution >= 4 is 22.5 Å². The van der Waals surface area contributed by atoms with Crippen LogP contribution in [0.1, 0.15) is 30.1 Å². The highest BCUT2D eigenvalue weighted by molar-refractivity contribution is 6.07. The molecule has 0 atom stereocenters. The second-order valence-corrected chi connectivity index (χ2v) is 5.48. The first-order valence-electron chi connectivity index (χ1n) is 6.81. The van der Waals surface area contributed by atoms with Crippen molar-refractivity contribution in [2.24, 2.45) is 5.92 Å². The molecule has 1 amide bonds. The number of nitrogens with two attached hydrogens (primary N) is 1. The molecular formula is C15H19N3O. The number of H-pyrrole nitrogens is 1. The number of likely N-dealkylation sites (tertiary alicyclic amines) is 1. The van der Waals surface area contributed by atoms with Gasteiger partial charge in [-0.05, 0) is 37.0 Å². The zero-order valence-electron chi connectivity index (χ0n) is 11.1. The summed E-state index contributed by atoms with van der Waals surface area (Å²) in [6, 6.07) is 5.62. The Hall–Kier alpha value is -1.97. The van der Waals surface area contributed by atoms with E-state index in [0.29, 0.717) is 5.69 Å². The number of nitrogen functional groups attached to an aromatic ring is 1. The number of benzene rings is 1. The topological polar surface area (TPSA) is 62.1 Å². The van der Waals surface area contributed by atoms with Crippen LogP contribution in [0.5, 0.6) is 0 Å². The lowest BCUT2D eigenvalue weighted by atomic mass is 9.98. The minimum atomic E-state index is 0.128. The molecule has 19 heavy (non-hydrogen) atoms. The monoisotopic (exact) mass is 257 g/mol. The maximum atomic E-state index is 12.5. The van der Waals surface area contributed by atoms with Gasteiger partial charge in [-0.3, -0.25) is 4.79 Å². The molecule has 1 aliphatic rings. The van der Waals surface area contributed by atoms with Gasteiger partial charge in [0.1, 0.15) is 0 Å². The molecular weight excluding hydrogens is 238 g/mol. The number of carbonyl (C=O) groups excluding carboxylic acids is 1. The Labute approximate surface area is 112 Å². The standard InChI is InChI=1S/C15H19N3O/c1-10-4-6-18(7-5-10)15(19)13-9-17-14-8-11(16)2-3-12(13)14/h2-3,8-10,17H,4-7,16H2,1H3. The molecule has 1 saturated heterocycles. The van der Waals surface area contributed by atoms with E-state index in [1.54, 1.807) is 6.20 Å². The number of anilines is 1. The summed E-state index contributed by atoms with van der Waals surface area (Å²) in [6.45, 7) is 3.97. The number of carbonyl (C=O) groups is 1. The van der Waals surface area contributed by atoms with Gasteiger partial charge in [-0.15, -0.1) is 0 Å². The summed E-state index contributed by atoms with van der Waals surface area (Å²) in [7, 11) is 0. The molecule has 4 heteroatoms. The number of aromatic amines is 1. The lowest BCUT2D eigenvalue weighted by Gasteiger charge is -2.30. The third kappa shape index (κ3) is 2.18. The average molecular weight is 257 g/mol. The number of hydrogen-bond acceptors (Lipinski definition) is 2. The predicted octanol–water partition coefficient (Wildman–Crippen LogP) is 2.62. The van der Waals surface area contributed by atoms with Gasteiger partial charge in [-0.25, -0.2) is 0 Å². The molecule has 0 unspecified atom stereocenters. The molecule has 1 aromatic carbocycles. The molecule has 4 nitrogen and oxygen atoms in total. The Morgan fingerprint density at radius 1 is 1.37 bits per heavy atom. The third-order valence-electron chi connectivity index (χ3n) is 4.01. The Morgan fingerprint density at radius 2 is 2.11 bits per heavy atom. The minimum Gasteiger partial charge on any atom is -0.399 e. The molecule has 3 N–H and O–H groups in total. The van der Waals surface area contributed by atoms with Gasteiger partial charge in [0.05, 0.1) is 5.56 Å². The normalized spacial score (nSPS) is 17.0. The third-order valence-corrected chi connectivity index (χ3v) is 4.01. The predicted molar refractivity (Wildman–Crippen MR) is 77.0 cm³/mol. The van der Waals surface area contributed by atoms with E-state index in [4.69, 9.17) is 5.73 Å². The van der Waals surface area contributed by atoms with E-state index in [9.17, 15) is 4.79 Å². The van der Waals surface area contributed by atoms with Crippen LogP contribution in [0.3, 0.4) is 0 Å². The average Bonchev–Trinajstić information content (AvgIpc) is 2.81. The molecule has 0 spiro atoms. The summed E-state index contributed by atoms with van der Waals surface area (Å²) in [5.74, 6) is 0.856. The van der Waals surface area contributed by atoms with E-state index >= 15 is 0 Å². The van der Waals surface area contributed by atoms with E-state index < -0.39 is 0 Å². The largest absolute Gasteiger partial charge is 0.399 e. The highest BCUT2D eigenvalue weighted by Gasteiger charge is 2.23. The molecule has 1 fully saturated rings. The molecule has 1 aliphatic heterocycles. The zero-order chi connectivity index (χ0) is 13.4. The van der Waals surface area contributed by atoms with Gasteiger partial charge in [-0.1, -0.05) is 6.92 Å². The summed E-state index contributed by atoms with van der Waals surface area (Å²) >= 11 is 0. The molecule has 0 radical (unpaired) electrons. The van der Waals surface area contributed by atoms with E-state index in [2.05, 4.69) is 11.9 Å². The molecule has 2 aromatic rings. The van der Waals surface area contributed by atoms with Crippen molar-refractivity contribution in [2.75, 3.05) is 18.8 Å². The highest BCUT2D eigenvalue weighted by atomic mass is 16.2. The van der Waals surface area contributed by atoms with Crippen LogP contribution < -0.4 is 5.73 Å². The van der Waals surface area contributed by atoms with Gasteiger partial charge in [0.15, 0.2) is 0 Å². The highest BCUT2D eigenvalue weighted by Crippen LogP contribution is 2.24. The fourth-order valence-corrected chi connectivity index (χ4v) is 2.70. The van der Waals surface area contributed by atoms with Crippen molar-refractivity contribution in [3.8, 4) is 0 Å². The Morgan fingerprint density at radius 3 is 2.84 bits per heavy atom. The molecule has 0 aliphatic carbocycles. The Bertz CT molecular complexity index is 609. The van der Waals surface area contributed by atoms with Crippen molar-refractivity contribution in [3.63, 3.8) is 0 Å².